The van der Waals surface area contributed by atoms with Crippen molar-refractivity contribution < 1.29 is 4.79 Å². The zero-order valence-electron chi connectivity index (χ0n) is 12.0. The lowest BCUT2D eigenvalue weighted by Gasteiger charge is -2.39. The molecule has 2 aliphatic carbocycles. The summed E-state index contributed by atoms with van der Waals surface area (Å²) >= 11 is 1.74. The van der Waals surface area contributed by atoms with Gasteiger partial charge in [-0.3, -0.25) is 4.79 Å². The van der Waals surface area contributed by atoms with E-state index in [1.807, 2.05) is 0 Å². The highest BCUT2D eigenvalue weighted by Gasteiger charge is 2.44. The Labute approximate surface area is 125 Å². The summed E-state index contributed by atoms with van der Waals surface area (Å²) in [4.78, 5) is 16.5. The second-order valence-corrected chi connectivity index (χ2v) is 7.32. The molecule has 0 radical (unpaired) electrons. The van der Waals surface area contributed by atoms with E-state index in [0.29, 0.717) is 18.5 Å². The van der Waals surface area contributed by atoms with Crippen molar-refractivity contribution in [1.29, 1.82) is 0 Å². The standard InChI is InChI=1S/C16H24N2OS/c17-12-16(8-2-1-3-9-16)15(19)18(13-6-7-13)11-14-5-4-10-20-14/h4-5,10,13H,1-3,6-9,11-12,17H2. The lowest BCUT2D eigenvalue weighted by Crippen LogP contribution is -2.49. The maximum atomic E-state index is 13.1. The van der Waals surface area contributed by atoms with Crippen molar-refractivity contribution in [3.05, 3.63) is 22.4 Å². The Morgan fingerprint density at radius 2 is 2.10 bits per heavy atom. The van der Waals surface area contributed by atoms with Crippen LogP contribution in [0.2, 0.25) is 0 Å². The first-order valence-electron chi connectivity index (χ1n) is 7.79. The second-order valence-electron chi connectivity index (χ2n) is 6.29. The summed E-state index contributed by atoms with van der Waals surface area (Å²) < 4.78 is 0. The molecule has 3 rings (SSSR count). The fraction of sp³-hybridized carbons (Fsp3) is 0.688. The zero-order chi connectivity index (χ0) is 14.0. The quantitative estimate of drug-likeness (QED) is 0.906. The number of amides is 1. The summed E-state index contributed by atoms with van der Waals surface area (Å²) in [6.07, 6.45) is 7.85. The fourth-order valence-electron chi connectivity index (χ4n) is 3.36. The van der Waals surface area contributed by atoms with E-state index in [1.165, 1.54) is 11.3 Å². The van der Waals surface area contributed by atoms with Gasteiger partial charge in [-0.15, -0.1) is 11.3 Å². The van der Waals surface area contributed by atoms with Gasteiger partial charge >= 0.3 is 0 Å². The highest BCUT2D eigenvalue weighted by atomic mass is 32.1. The van der Waals surface area contributed by atoms with E-state index >= 15 is 0 Å². The summed E-state index contributed by atoms with van der Waals surface area (Å²) in [6.45, 7) is 1.29. The Morgan fingerprint density at radius 1 is 1.35 bits per heavy atom. The molecule has 1 aromatic heterocycles. The van der Waals surface area contributed by atoms with Crippen molar-refractivity contribution in [3.8, 4) is 0 Å². The third-order valence-electron chi connectivity index (χ3n) is 4.81. The van der Waals surface area contributed by atoms with Crippen LogP contribution in [0.3, 0.4) is 0 Å². The van der Waals surface area contributed by atoms with Crippen LogP contribution in [0.1, 0.15) is 49.8 Å². The number of nitrogens with zero attached hydrogens (tertiary/aromatic N) is 1. The van der Waals surface area contributed by atoms with Crippen LogP contribution in [-0.4, -0.2) is 23.4 Å². The van der Waals surface area contributed by atoms with E-state index in [2.05, 4.69) is 22.4 Å². The number of rotatable bonds is 5. The average molecular weight is 292 g/mol. The highest BCUT2D eigenvalue weighted by Crippen LogP contribution is 2.40. The van der Waals surface area contributed by atoms with Crippen LogP contribution in [0, 0.1) is 5.41 Å². The van der Waals surface area contributed by atoms with Crippen LogP contribution in [0.4, 0.5) is 0 Å². The van der Waals surface area contributed by atoms with E-state index in [1.54, 1.807) is 11.3 Å². The molecule has 0 aromatic carbocycles. The molecule has 3 nitrogen and oxygen atoms in total. The minimum atomic E-state index is -0.266. The van der Waals surface area contributed by atoms with E-state index in [4.69, 9.17) is 5.73 Å². The molecule has 0 saturated heterocycles. The van der Waals surface area contributed by atoms with Gasteiger partial charge in [0, 0.05) is 17.5 Å². The van der Waals surface area contributed by atoms with Gasteiger partial charge in [-0.05, 0) is 37.1 Å². The molecule has 1 amide bonds. The molecule has 0 bridgehead atoms. The number of carbonyl (C=O) groups excluding carboxylic acids is 1. The Kier molecular flexibility index (Phi) is 4.13. The van der Waals surface area contributed by atoms with Crippen LogP contribution in [0.5, 0.6) is 0 Å². The molecule has 0 atom stereocenters. The van der Waals surface area contributed by atoms with Gasteiger partial charge in [-0.25, -0.2) is 0 Å². The van der Waals surface area contributed by atoms with E-state index in [0.717, 1.165) is 45.1 Å². The summed E-state index contributed by atoms with van der Waals surface area (Å²) in [7, 11) is 0. The second kappa shape index (κ2) is 5.86. The van der Waals surface area contributed by atoms with Crippen molar-refractivity contribution in [2.75, 3.05) is 6.54 Å². The monoisotopic (exact) mass is 292 g/mol. The lowest BCUT2D eigenvalue weighted by molar-refractivity contribution is -0.145. The molecular weight excluding hydrogens is 268 g/mol. The van der Waals surface area contributed by atoms with Gasteiger partial charge < -0.3 is 10.6 Å². The Hall–Kier alpha value is -0.870. The first-order chi connectivity index (χ1) is 9.75. The largest absolute Gasteiger partial charge is 0.334 e. The molecule has 0 unspecified atom stereocenters. The van der Waals surface area contributed by atoms with Crippen LogP contribution < -0.4 is 5.73 Å². The van der Waals surface area contributed by atoms with Gasteiger partial charge in [-0.2, -0.15) is 0 Å². The summed E-state index contributed by atoms with van der Waals surface area (Å²) in [6, 6.07) is 4.66. The summed E-state index contributed by atoms with van der Waals surface area (Å²) in [5.74, 6) is 0.329. The van der Waals surface area contributed by atoms with Crippen molar-refractivity contribution in [2.24, 2.45) is 11.1 Å². The Morgan fingerprint density at radius 3 is 2.65 bits per heavy atom. The minimum absolute atomic E-state index is 0.266. The zero-order valence-corrected chi connectivity index (χ0v) is 12.8. The summed E-state index contributed by atoms with van der Waals surface area (Å²) in [5, 5.41) is 2.09. The average Bonchev–Trinajstić information content (AvgIpc) is 3.21. The Bertz CT molecular complexity index is 447. The van der Waals surface area contributed by atoms with E-state index in [-0.39, 0.29) is 5.41 Å². The molecule has 1 heterocycles. The SMILES string of the molecule is NCC1(C(=O)N(Cc2cccs2)C2CC2)CCCCC1. The molecule has 20 heavy (non-hydrogen) atoms. The topological polar surface area (TPSA) is 46.3 Å². The van der Waals surface area contributed by atoms with E-state index in [9.17, 15) is 4.79 Å². The van der Waals surface area contributed by atoms with Gasteiger partial charge in [0.25, 0.3) is 0 Å². The first-order valence-corrected chi connectivity index (χ1v) is 8.67. The third kappa shape index (κ3) is 2.77. The predicted molar refractivity (Wildman–Crippen MR) is 82.5 cm³/mol. The summed E-state index contributed by atoms with van der Waals surface area (Å²) in [5.41, 5.74) is 5.76. The predicted octanol–water partition coefficient (Wildman–Crippen LogP) is 3.15. The van der Waals surface area contributed by atoms with Gasteiger partial charge in [-0.1, -0.05) is 25.3 Å². The third-order valence-corrected chi connectivity index (χ3v) is 5.67. The molecule has 2 fully saturated rings. The van der Waals surface area contributed by atoms with Gasteiger partial charge in [0.2, 0.25) is 5.91 Å². The molecule has 0 spiro atoms. The highest BCUT2D eigenvalue weighted by molar-refractivity contribution is 7.09. The molecule has 1 aromatic rings. The molecule has 2 saturated carbocycles. The molecule has 4 heteroatoms. The van der Waals surface area contributed by atoms with Crippen molar-refractivity contribution in [2.45, 2.75) is 57.5 Å². The van der Waals surface area contributed by atoms with Crippen LogP contribution >= 0.6 is 11.3 Å². The van der Waals surface area contributed by atoms with E-state index < -0.39 is 0 Å². The number of nitrogens with two attached hydrogens (primary N) is 1. The van der Waals surface area contributed by atoms with Crippen molar-refractivity contribution in [3.63, 3.8) is 0 Å². The number of hydrogen-bond donors (Lipinski definition) is 1. The van der Waals surface area contributed by atoms with Crippen molar-refractivity contribution in [1.82, 2.24) is 4.90 Å². The minimum Gasteiger partial charge on any atom is -0.334 e. The van der Waals surface area contributed by atoms with Crippen LogP contribution in [0.15, 0.2) is 17.5 Å². The van der Waals surface area contributed by atoms with Crippen LogP contribution in [-0.2, 0) is 11.3 Å². The lowest BCUT2D eigenvalue weighted by atomic mass is 9.73. The molecule has 2 N–H and O–H groups in total. The van der Waals surface area contributed by atoms with Gasteiger partial charge in [0.1, 0.15) is 0 Å². The molecule has 2 aliphatic rings. The number of carbonyl (C=O) groups is 1. The number of hydrogen-bond acceptors (Lipinski definition) is 3. The fourth-order valence-corrected chi connectivity index (χ4v) is 4.06. The first kappa shape index (κ1) is 14.1. The number of thiophene rings is 1. The molecular formula is C16H24N2OS. The maximum Gasteiger partial charge on any atom is 0.230 e. The molecule has 110 valence electrons. The van der Waals surface area contributed by atoms with Gasteiger partial charge in [0.05, 0.1) is 12.0 Å². The van der Waals surface area contributed by atoms with Gasteiger partial charge in [0.15, 0.2) is 0 Å². The van der Waals surface area contributed by atoms with Crippen molar-refractivity contribution >= 4 is 17.2 Å². The normalized spacial score (nSPS) is 21.6. The maximum absolute atomic E-state index is 13.1. The Balaban J connectivity index is 1.77. The molecule has 0 aliphatic heterocycles. The smallest absolute Gasteiger partial charge is 0.230 e. The van der Waals surface area contributed by atoms with Crippen LogP contribution in [0.25, 0.3) is 0 Å².